The van der Waals surface area contributed by atoms with Crippen LogP contribution in [0.3, 0.4) is 0 Å². The SMILES string of the molecule is C=CCNC(=O)CN1CCN(CC(O)c2cccs2)CC1. The number of hydrogen-bond donors (Lipinski definition) is 2. The molecule has 1 aromatic rings. The molecule has 116 valence electrons. The predicted molar refractivity (Wildman–Crippen MR) is 85.4 cm³/mol. The average molecular weight is 309 g/mol. The third-order valence-electron chi connectivity index (χ3n) is 3.58. The maximum atomic E-state index is 11.6. The van der Waals surface area contributed by atoms with E-state index in [2.05, 4.69) is 21.7 Å². The van der Waals surface area contributed by atoms with Gasteiger partial charge in [-0.3, -0.25) is 14.6 Å². The molecule has 1 aliphatic rings. The van der Waals surface area contributed by atoms with Crippen molar-refractivity contribution in [2.75, 3.05) is 45.8 Å². The number of amides is 1. The van der Waals surface area contributed by atoms with E-state index in [4.69, 9.17) is 0 Å². The van der Waals surface area contributed by atoms with Crippen LogP contribution < -0.4 is 5.32 Å². The molecule has 5 nitrogen and oxygen atoms in total. The largest absolute Gasteiger partial charge is 0.386 e. The molecule has 2 N–H and O–H groups in total. The molecule has 0 aromatic carbocycles. The van der Waals surface area contributed by atoms with Crippen molar-refractivity contribution in [3.63, 3.8) is 0 Å². The molecule has 1 saturated heterocycles. The normalized spacial score (nSPS) is 18.3. The van der Waals surface area contributed by atoms with Gasteiger partial charge in [0.1, 0.15) is 6.10 Å². The number of hydrogen-bond acceptors (Lipinski definition) is 5. The summed E-state index contributed by atoms with van der Waals surface area (Å²) in [5, 5.41) is 14.9. The molecular formula is C15H23N3O2S. The molecule has 0 spiro atoms. The second-order valence-electron chi connectivity index (χ2n) is 5.20. The fourth-order valence-corrected chi connectivity index (χ4v) is 3.09. The van der Waals surface area contributed by atoms with Crippen LogP contribution in [0.5, 0.6) is 0 Å². The molecule has 1 amide bonds. The number of β-amino-alcohol motifs (C(OH)–C–C–N with tert-alkyl or cyclic N) is 1. The molecule has 0 radical (unpaired) electrons. The second kappa shape index (κ2) is 8.29. The summed E-state index contributed by atoms with van der Waals surface area (Å²) in [5.74, 6) is 0.0435. The van der Waals surface area contributed by atoms with Crippen molar-refractivity contribution >= 4 is 17.2 Å². The monoisotopic (exact) mass is 309 g/mol. The molecule has 0 aliphatic carbocycles. The Morgan fingerprint density at radius 1 is 1.43 bits per heavy atom. The zero-order chi connectivity index (χ0) is 15.1. The molecular weight excluding hydrogens is 286 g/mol. The Morgan fingerprint density at radius 3 is 2.76 bits per heavy atom. The Morgan fingerprint density at radius 2 is 2.14 bits per heavy atom. The maximum absolute atomic E-state index is 11.6. The minimum absolute atomic E-state index is 0.0435. The maximum Gasteiger partial charge on any atom is 0.234 e. The molecule has 1 fully saturated rings. The van der Waals surface area contributed by atoms with Gasteiger partial charge in [-0.15, -0.1) is 17.9 Å². The van der Waals surface area contributed by atoms with E-state index < -0.39 is 6.10 Å². The Hall–Kier alpha value is -1.21. The molecule has 6 heteroatoms. The Kier molecular flexibility index (Phi) is 6.38. The number of rotatable bonds is 7. The quantitative estimate of drug-likeness (QED) is 0.728. The highest BCUT2D eigenvalue weighted by atomic mass is 32.1. The van der Waals surface area contributed by atoms with Crippen LogP contribution in [-0.4, -0.2) is 66.6 Å². The highest BCUT2D eigenvalue weighted by Crippen LogP contribution is 2.20. The van der Waals surface area contributed by atoms with Gasteiger partial charge in [-0.1, -0.05) is 12.1 Å². The van der Waals surface area contributed by atoms with Crippen LogP contribution in [0.1, 0.15) is 11.0 Å². The first kappa shape index (κ1) is 16.2. The fourth-order valence-electron chi connectivity index (χ4n) is 2.39. The average Bonchev–Trinajstić information content (AvgIpc) is 3.01. The fraction of sp³-hybridized carbons (Fsp3) is 0.533. The number of carbonyl (C=O) groups is 1. The second-order valence-corrected chi connectivity index (χ2v) is 6.18. The third-order valence-corrected chi connectivity index (χ3v) is 4.55. The van der Waals surface area contributed by atoms with Gasteiger partial charge in [0.05, 0.1) is 6.54 Å². The minimum Gasteiger partial charge on any atom is -0.386 e. The summed E-state index contributed by atoms with van der Waals surface area (Å²) < 4.78 is 0. The number of aliphatic hydroxyl groups excluding tert-OH is 1. The highest BCUT2D eigenvalue weighted by molar-refractivity contribution is 7.10. The lowest BCUT2D eigenvalue weighted by atomic mass is 10.2. The lowest BCUT2D eigenvalue weighted by molar-refractivity contribution is -0.122. The number of nitrogens with one attached hydrogen (secondary N) is 1. The van der Waals surface area contributed by atoms with Crippen LogP contribution >= 0.6 is 11.3 Å². The van der Waals surface area contributed by atoms with Gasteiger partial charge in [0.25, 0.3) is 0 Å². The molecule has 2 rings (SSSR count). The van der Waals surface area contributed by atoms with Crippen LogP contribution in [0, 0.1) is 0 Å². The molecule has 1 aliphatic heterocycles. The van der Waals surface area contributed by atoms with E-state index in [1.165, 1.54) is 0 Å². The Balaban J connectivity index is 1.68. The lowest BCUT2D eigenvalue weighted by Gasteiger charge is -2.35. The lowest BCUT2D eigenvalue weighted by Crippen LogP contribution is -2.50. The number of thiophene rings is 1. The highest BCUT2D eigenvalue weighted by Gasteiger charge is 2.21. The van der Waals surface area contributed by atoms with Gasteiger partial charge in [-0.05, 0) is 11.4 Å². The Bertz CT molecular complexity index is 442. The van der Waals surface area contributed by atoms with E-state index in [9.17, 15) is 9.90 Å². The molecule has 0 bridgehead atoms. The van der Waals surface area contributed by atoms with E-state index in [-0.39, 0.29) is 5.91 Å². The van der Waals surface area contributed by atoms with Gasteiger partial charge >= 0.3 is 0 Å². The van der Waals surface area contributed by atoms with E-state index in [0.29, 0.717) is 19.6 Å². The van der Waals surface area contributed by atoms with Gasteiger partial charge in [0, 0.05) is 44.1 Å². The first-order valence-electron chi connectivity index (χ1n) is 7.23. The summed E-state index contributed by atoms with van der Waals surface area (Å²) >= 11 is 1.59. The summed E-state index contributed by atoms with van der Waals surface area (Å²) in [5.41, 5.74) is 0. The van der Waals surface area contributed by atoms with Crippen LogP contribution in [0.4, 0.5) is 0 Å². The summed E-state index contributed by atoms with van der Waals surface area (Å²) in [4.78, 5) is 17.0. The smallest absolute Gasteiger partial charge is 0.234 e. The Labute approximate surface area is 129 Å². The zero-order valence-corrected chi connectivity index (χ0v) is 13.0. The summed E-state index contributed by atoms with van der Waals surface area (Å²) in [6, 6.07) is 3.93. The van der Waals surface area contributed by atoms with E-state index in [1.54, 1.807) is 17.4 Å². The van der Waals surface area contributed by atoms with Crippen molar-refractivity contribution in [1.82, 2.24) is 15.1 Å². The number of carbonyl (C=O) groups excluding carboxylic acids is 1. The first-order valence-corrected chi connectivity index (χ1v) is 8.11. The summed E-state index contributed by atoms with van der Waals surface area (Å²) in [6.45, 7) is 8.69. The summed E-state index contributed by atoms with van der Waals surface area (Å²) in [7, 11) is 0. The van der Waals surface area contributed by atoms with Gasteiger partial charge < -0.3 is 10.4 Å². The van der Waals surface area contributed by atoms with Crippen molar-refractivity contribution in [2.45, 2.75) is 6.10 Å². The van der Waals surface area contributed by atoms with Crippen LogP contribution in [0.25, 0.3) is 0 Å². The predicted octanol–water partition coefficient (Wildman–Crippen LogP) is 0.701. The number of piperazine rings is 1. The number of nitrogens with zero attached hydrogens (tertiary/aromatic N) is 2. The number of aliphatic hydroxyl groups is 1. The zero-order valence-electron chi connectivity index (χ0n) is 12.2. The van der Waals surface area contributed by atoms with Crippen LogP contribution in [0.15, 0.2) is 30.2 Å². The molecule has 1 atom stereocenters. The van der Waals surface area contributed by atoms with Crippen LogP contribution in [0.2, 0.25) is 0 Å². The van der Waals surface area contributed by atoms with Gasteiger partial charge in [-0.25, -0.2) is 0 Å². The standard InChI is InChI=1S/C15H23N3O2S/c1-2-5-16-15(20)12-18-8-6-17(7-9-18)11-13(19)14-4-3-10-21-14/h2-4,10,13,19H,1,5-9,11-12H2,(H,16,20). The molecule has 2 heterocycles. The third kappa shape index (κ3) is 5.24. The van der Waals surface area contributed by atoms with Crippen LogP contribution in [-0.2, 0) is 4.79 Å². The first-order chi connectivity index (χ1) is 10.2. The van der Waals surface area contributed by atoms with E-state index in [0.717, 1.165) is 31.1 Å². The van der Waals surface area contributed by atoms with Gasteiger partial charge in [0.2, 0.25) is 5.91 Å². The topological polar surface area (TPSA) is 55.8 Å². The minimum atomic E-state index is -0.410. The van der Waals surface area contributed by atoms with E-state index >= 15 is 0 Å². The molecule has 1 unspecified atom stereocenters. The van der Waals surface area contributed by atoms with E-state index in [1.807, 2.05) is 17.5 Å². The van der Waals surface area contributed by atoms with Crippen molar-refractivity contribution < 1.29 is 9.90 Å². The van der Waals surface area contributed by atoms with Gasteiger partial charge in [0.15, 0.2) is 0 Å². The van der Waals surface area contributed by atoms with Gasteiger partial charge in [-0.2, -0.15) is 0 Å². The van der Waals surface area contributed by atoms with Crippen molar-refractivity contribution in [3.8, 4) is 0 Å². The molecule has 21 heavy (non-hydrogen) atoms. The molecule has 0 saturated carbocycles. The van der Waals surface area contributed by atoms with Crippen molar-refractivity contribution in [3.05, 3.63) is 35.0 Å². The summed E-state index contributed by atoms with van der Waals surface area (Å²) in [6.07, 6.45) is 1.27. The molecule has 1 aromatic heterocycles. The van der Waals surface area contributed by atoms with Crippen molar-refractivity contribution in [1.29, 1.82) is 0 Å². The van der Waals surface area contributed by atoms with Crippen molar-refractivity contribution in [2.24, 2.45) is 0 Å².